The van der Waals surface area contributed by atoms with Crippen molar-refractivity contribution in [2.45, 2.75) is 0 Å². The summed E-state index contributed by atoms with van der Waals surface area (Å²) in [5.41, 5.74) is -0.128. The van der Waals surface area contributed by atoms with Gasteiger partial charge in [0.15, 0.2) is 5.57 Å². The molecule has 0 aliphatic carbocycles. The van der Waals surface area contributed by atoms with Gasteiger partial charge in [0.1, 0.15) is 18.5 Å². The third-order valence-electron chi connectivity index (χ3n) is 1.89. The highest BCUT2D eigenvalue weighted by Crippen LogP contribution is 2.02. The van der Waals surface area contributed by atoms with Crippen molar-refractivity contribution in [2.75, 3.05) is 25.6 Å². The van der Waals surface area contributed by atoms with Gasteiger partial charge in [-0.1, -0.05) is 6.07 Å². The number of carbonyl (C=O) groups is 1. The number of ether oxygens (including phenoxy) is 2. The number of hydrogen-bond acceptors (Lipinski definition) is 6. The molecule has 0 spiro atoms. The second kappa shape index (κ2) is 7.81. The second-order valence-electron chi connectivity index (χ2n) is 3.16. The Hall–Kier alpha value is -2.39. The van der Waals surface area contributed by atoms with E-state index in [1.807, 2.05) is 0 Å². The third kappa shape index (κ3) is 4.63. The average Bonchev–Trinajstić information content (AvgIpc) is 2.41. The SMILES string of the molecule is COCCOC(=O)C(C#N)=CNc1ccccn1. The second-order valence-corrected chi connectivity index (χ2v) is 3.16. The smallest absolute Gasteiger partial charge is 0.350 e. The van der Waals surface area contributed by atoms with Crippen LogP contribution in [-0.4, -0.2) is 31.3 Å². The standard InChI is InChI=1S/C12H13N3O3/c1-17-6-7-18-12(16)10(8-13)9-15-11-4-2-3-5-14-11/h2-5,9H,6-7H2,1H3,(H,14,15). The molecule has 6 nitrogen and oxygen atoms in total. The van der Waals surface area contributed by atoms with E-state index in [-0.39, 0.29) is 18.8 Å². The molecule has 0 aliphatic heterocycles. The van der Waals surface area contributed by atoms with E-state index in [1.54, 1.807) is 30.5 Å². The summed E-state index contributed by atoms with van der Waals surface area (Å²) < 4.78 is 9.54. The molecule has 1 heterocycles. The first-order valence-electron chi connectivity index (χ1n) is 5.22. The first kappa shape index (κ1) is 13.7. The minimum atomic E-state index is -0.696. The number of carbonyl (C=O) groups excluding carboxylic acids is 1. The minimum absolute atomic E-state index is 0.109. The normalized spacial score (nSPS) is 10.6. The predicted molar refractivity (Wildman–Crippen MR) is 64.4 cm³/mol. The van der Waals surface area contributed by atoms with Crippen LogP contribution >= 0.6 is 0 Å². The van der Waals surface area contributed by atoms with Gasteiger partial charge in [0.2, 0.25) is 0 Å². The Bertz CT molecular complexity index is 451. The predicted octanol–water partition coefficient (Wildman–Crippen LogP) is 1.09. The lowest BCUT2D eigenvalue weighted by Crippen LogP contribution is -2.12. The Kier molecular flexibility index (Phi) is 5.94. The molecule has 1 N–H and O–H groups in total. The molecule has 0 bridgehead atoms. The fourth-order valence-electron chi connectivity index (χ4n) is 1.03. The molecule has 0 atom stereocenters. The highest BCUT2D eigenvalue weighted by molar-refractivity contribution is 5.93. The van der Waals surface area contributed by atoms with Gasteiger partial charge in [-0.2, -0.15) is 5.26 Å². The van der Waals surface area contributed by atoms with Crippen LogP contribution in [0.4, 0.5) is 5.82 Å². The van der Waals surface area contributed by atoms with E-state index in [2.05, 4.69) is 10.3 Å². The summed E-state index contributed by atoms with van der Waals surface area (Å²) in [5.74, 6) is -0.159. The summed E-state index contributed by atoms with van der Waals surface area (Å²) in [6, 6.07) is 7.01. The van der Waals surface area contributed by atoms with E-state index >= 15 is 0 Å². The first-order chi connectivity index (χ1) is 8.77. The van der Waals surface area contributed by atoms with Crippen molar-refractivity contribution in [1.29, 1.82) is 5.26 Å². The lowest BCUT2D eigenvalue weighted by Gasteiger charge is -2.03. The van der Waals surface area contributed by atoms with Gasteiger partial charge in [0.25, 0.3) is 0 Å². The minimum Gasteiger partial charge on any atom is -0.459 e. The number of aromatic nitrogens is 1. The molecule has 1 aromatic heterocycles. The maximum absolute atomic E-state index is 11.4. The van der Waals surface area contributed by atoms with Gasteiger partial charge in [-0.3, -0.25) is 0 Å². The van der Waals surface area contributed by atoms with Gasteiger partial charge in [0.05, 0.1) is 6.61 Å². The fraction of sp³-hybridized carbons (Fsp3) is 0.250. The molecule has 0 fully saturated rings. The molecule has 94 valence electrons. The van der Waals surface area contributed by atoms with Gasteiger partial charge in [0, 0.05) is 19.5 Å². The molecule has 0 saturated heterocycles. The molecule has 0 aromatic carbocycles. The van der Waals surface area contributed by atoms with Crippen LogP contribution < -0.4 is 5.32 Å². The molecule has 0 saturated carbocycles. The molecule has 1 rings (SSSR count). The first-order valence-corrected chi connectivity index (χ1v) is 5.22. The van der Waals surface area contributed by atoms with E-state index in [1.165, 1.54) is 13.3 Å². The van der Waals surface area contributed by atoms with E-state index in [9.17, 15) is 4.79 Å². The zero-order valence-electron chi connectivity index (χ0n) is 9.92. The number of nitrogens with one attached hydrogen (secondary N) is 1. The largest absolute Gasteiger partial charge is 0.459 e. The van der Waals surface area contributed by atoms with Crippen molar-refractivity contribution in [3.63, 3.8) is 0 Å². The molecule has 0 amide bonds. The summed E-state index contributed by atoms with van der Waals surface area (Å²) in [7, 11) is 1.50. The molecule has 6 heteroatoms. The lowest BCUT2D eigenvalue weighted by molar-refractivity contribution is -0.139. The average molecular weight is 247 g/mol. The maximum atomic E-state index is 11.4. The quantitative estimate of drug-likeness (QED) is 0.350. The van der Waals surface area contributed by atoms with Crippen LogP contribution in [-0.2, 0) is 14.3 Å². The number of methoxy groups -OCH3 is 1. The van der Waals surface area contributed by atoms with Crippen LogP contribution in [0.2, 0.25) is 0 Å². The van der Waals surface area contributed by atoms with E-state index in [0.717, 1.165) is 0 Å². The molecule has 0 unspecified atom stereocenters. The monoisotopic (exact) mass is 247 g/mol. The lowest BCUT2D eigenvalue weighted by atomic mass is 10.3. The summed E-state index contributed by atoms with van der Waals surface area (Å²) in [4.78, 5) is 15.4. The van der Waals surface area contributed by atoms with Gasteiger partial charge < -0.3 is 14.8 Å². The highest BCUT2D eigenvalue weighted by atomic mass is 16.6. The summed E-state index contributed by atoms with van der Waals surface area (Å²) in [6.45, 7) is 0.399. The van der Waals surface area contributed by atoms with Crippen molar-refractivity contribution in [3.05, 3.63) is 36.2 Å². The molecular formula is C12H13N3O3. The highest BCUT2D eigenvalue weighted by Gasteiger charge is 2.09. The van der Waals surface area contributed by atoms with E-state index in [0.29, 0.717) is 5.82 Å². The number of esters is 1. The molecule has 0 aliphatic rings. The van der Waals surface area contributed by atoms with Crippen LogP contribution in [0.25, 0.3) is 0 Å². The Morgan fingerprint density at radius 2 is 2.39 bits per heavy atom. The Morgan fingerprint density at radius 1 is 1.56 bits per heavy atom. The van der Waals surface area contributed by atoms with Crippen LogP contribution in [0.3, 0.4) is 0 Å². The zero-order valence-corrected chi connectivity index (χ0v) is 9.92. The van der Waals surface area contributed by atoms with Crippen LogP contribution in [0, 0.1) is 11.3 Å². The van der Waals surface area contributed by atoms with Gasteiger partial charge in [-0.25, -0.2) is 9.78 Å². The summed E-state index contributed by atoms with van der Waals surface area (Å²) >= 11 is 0. The third-order valence-corrected chi connectivity index (χ3v) is 1.89. The van der Waals surface area contributed by atoms with Crippen molar-refractivity contribution in [1.82, 2.24) is 4.98 Å². The Balaban J connectivity index is 2.55. The van der Waals surface area contributed by atoms with Crippen molar-refractivity contribution in [3.8, 4) is 6.07 Å². The van der Waals surface area contributed by atoms with Gasteiger partial charge >= 0.3 is 5.97 Å². The van der Waals surface area contributed by atoms with Crippen LogP contribution in [0.5, 0.6) is 0 Å². The van der Waals surface area contributed by atoms with Crippen molar-refractivity contribution in [2.24, 2.45) is 0 Å². The Morgan fingerprint density at radius 3 is 3.00 bits per heavy atom. The van der Waals surface area contributed by atoms with Gasteiger partial charge in [-0.05, 0) is 12.1 Å². The van der Waals surface area contributed by atoms with E-state index in [4.69, 9.17) is 14.7 Å². The van der Waals surface area contributed by atoms with Crippen LogP contribution in [0.1, 0.15) is 0 Å². The summed E-state index contributed by atoms with van der Waals surface area (Å²) in [6.07, 6.45) is 2.86. The number of hydrogen-bond donors (Lipinski definition) is 1. The fourth-order valence-corrected chi connectivity index (χ4v) is 1.03. The molecule has 1 aromatic rings. The Labute approximate surface area is 105 Å². The maximum Gasteiger partial charge on any atom is 0.350 e. The molecule has 18 heavy (non-hydrogen) atoms. The topological polar surface area (TPSA) is 84.2 Å². The van der Waals surface area contributed by atoms with Crippen LogP contribution in [0.15, 0.2) is 36.2 Å². The number of rotatable bonds is 6. The number of nitrogens with zero attached hydrogens (tertiary/aromatic N) is 2. The number of pyridine rings is 1. The summed E-state index contributed by atoms with van der Waals surface area (Å²) in [5, 5.41) is 11.6. The van der Waals surface area contributed by atoms with Crippen molar-refractivity contribution < 1.29 is 14.3 Å². The van der Waals surface area contributed by atoms with Crippen molar-refractivity contribution >= 4 is 11.8 Å². The number of nitriles is 1. The zero-order chi connectivity index (χ0) is 13.2. The molecular weight excluding hydrogens is 234 g/mol. The molecule has 0 radical (unpaired) electrons. The van der Waals surface area contributed by atoms with Gasteiger partial charge in [-0.15, -0.1) is 0 Å². The van der Waals surface area contributed by atoms with E-state index < -0.39 is 5.97 Å². The number of anilines is 1.